The molecule has 1 aromatic rings. The van der Waals surface area contributed by atoms with E-state index in [-0.39, 0.29) is 10.6 Å². The third-order valence-corrected chi connectivity index (χ3v) is 3.50. The summed E-state index contributed by atoms with van der Waals surface area (Å²) in [7, 11) is 2.08. The van der Waals surface area contributed by atoms with E-state index in [2.05, 4.69) is 28.8 Å². The van der Waals surface area contributed by atoms with Crippen molar-refractivity contribution in [2.45, 2.75) is 13.0 Å². The largest absolute Gasteiger partial charge is 0.478 e. The summed E-state index contributed by atoms with van der Waals surface area (Å²) in [6, 6.07) is 1.85. The molecule has 1 saturated heterocycles. The molecule has 0 radical (unpaired) electrons. The van der Waals surface area contributed by atoms with Crippen LogP contribution < -0.4 is 4.90 Å². The number of aromatic nitrogens is 1. The monoisotopic (exact) mass is 269 g/mol. The molecule has 0 aliphatic carbocycles. The minimum absolute atomic E-state index is 0.104. The molecule has 1 fully saturated rings. The predicted molar refractivity (Wildman–Crippen MR) is 70.5 cm³/mol. The van der Waals surface area contributed by atoms with E-state index in [0.717, 1.165) is 19.6 Å². The number of pyridine rings is 1. The molecule has 0 amide bonds. The molecule has 1 N–H and O–H groups in total. The Morgan fingerprint density at radius 2 is 2.28 bits per heavy atom. The van der Waals surface area contributed by atoms with Crippen molar-refractivity contribution in [2.24, 2.45) is 0 Å². The molecule has 1 aliphatic rings. The average Bonchev–Trinajstić information content (AvgIpc) is 2.30. The molecule has 0 spiro atoms. The lowest BCUT2D eigenvalue weighted by Gasteiger charge is -2.39. The van der Waals surface area contributed by atoms with Crippen LogP contribution in [0.1, 0.15) is 17.3 Å². The Kier molecular flexibility index (Phi) is 3.73. The summed E-state index contributed by atoms with van der Waals surface area (Å²) in [5.74, 6) is -0.345. The Hall–Kier alpha value is -1.33. The fourth-order valence-corrected chi connectivity index (χ4v) is 2.41. The van der Waals surface area contributed by atoms with Gasteiger partial charge in [0.1, 0.15) is 5.82 Å². The van der Waals surface area contributed by atoms with Crippen molar-refractivity contribution in [3.8, 4) is 0 Å². The van der Waals surface area contributed by atoms with E-state index < -0.39 is 5.97 Å². The fourth-order valence-electron chi connectivity index (χ4n) is 2.23. The highest BCUT2D eigenvalue weighted by Gasteiger charge is 2.23. The molecule has 2 rings (SSSR count). The van der Waals surface area contributed by atoms with Gasteiger partial charge in [0.2, 0.25) is 0 Å². The van der Waals surface area contributed by atoms with Gasteiger partial charge < -0.3 is 14.9 Å². The summed E-state index contributed by atoms with van der Waals surface area (Å²) in [5.41, 5.74) is 0.104. The summed E-state index contributed by atoms with van der Waals surface area (Å²) in [6.07, 6.45) is 1.41. The van der Waals surface area contributed by atoms with Gasteiger partial charge in [-0.25, -0.2) is 9.78 Å². The minimum atomic E-state index is -1.02. The van der Waals surface area contributed by atoms with Crippen LogP contribution in [0, 0.1) is 0 Å². The minimum Gasteiger partial charge on any atom is -0.478 e. The maximum atomic E-state index is 11.1. The Labute approximate surface area is 111 Å². The van der Waals surface area contributed by atoms with Gasteiger partial charge in [0, 0.05) is 31.9 Å². The third-order valence-electron chi connectivity index (χ3n) is 3.20. The Bertz CT molecular complexity index is 467. The number of rotatable bonds is 2. The van der Waals surface area contributed by atoms with Crippen molar-refractivity contribution < 1.29 is 9.90 Å². The van der Waals surface area contributed by atoms with E-state index in [1.54, 1.807) is 6.07 Å². The maximum absolute atomic E-state index is 11.1. The van der Waals surface area contributed by atoms with Crippen molar-refractivity contribution in [3.63, 3.8) is 0 Å². The number of halogens is 1. The van der Waals surface area contributed by atoms with Crippen molar-refractivity contribution in [2.75, 3.05) is 31.6 Å². The predicted octanol–water partition coefficient (Wildman–Crippen LogP) is 1.57. The van der Waals surface area contributed by atoms with Crippen molar-refractivity contribution in [1.29, 1.82) is 0 Å². The summed E-state index contributed by atoms with van der Waals surface area (Å²) < 4.78 is 0. The quantitative estimate of drug-likeness (QED) is 0.883. The standard InChI is InChI=1S/C12H16ClN3O2/c1-8-7-15(2)3-4-16(8)11-5-9(12(17)18)10(13)6-14-11/h5-6,8H,3-4,7H2,1-2H3,(H,17,18). The topological polar surface area (TPSA) is 56.7 Å². The molecule has 1 aliphatic heterocycles. The van der Waals surface area contributed by atoms with Crippen LogP contribution in [0.4, 0.5) is 5.82 Å². The van der Waals surface area contributed by atoms with Crippen LogP contribution in [0.2, 0.25) is 5.02 Å². The molecule has 6 heteroatoms. The zero-order valence-electron chi connectivity index (χ0n) is 10.4. The van der Waals surface area contributed by atoms with E-state index in [1.807, 2.05) is 0 Å². The number of hydrogen-bond acceptors (Lipinski definition) is 4. The zero-order chi connectivity index (χ0) is 13.3. The van der Waals surface area contributed by atoms with Crippen LogP contribution in [0.5, 0.6) is 0 Å². The lowest BCUT2D eigenvalue weighted by molar-refractivity contribution is 0.0697. The van der Waals surface area contributed by atoms with Crippen LogP contribution in [-0.2, 0) is 0 Å². The van der Waals surface area contributed by atoms with E-state index >= 15 is 0 Å². The summed E-state index contributed by atoms with van der Waals surface area (Å²) in [6.45, 7) is 4.82. The zero-order valence-corrected chi connectivity index (χ0v) is 11.2. The van der Waals surface area contributed by atoms with Crippen molar-refractivity contribution in [1.82, 2.24) is 9.88 Å². The van der Waals surface area contributed by atoms with Crippen LogP contribution in [0.3, 0.4) is 0 Å². The molecule has 0 aromatic carbocycles. The number of carbonyl (C=O) groups is 1. The number of hydrogen-bond donors (Lipinski definition) is 1. The Morgan fingerprint density at radius 1 is 1.56 bits per heavy atom. The average molecular weight is 270 g/mol. The van der Waals surface area contributed by atoms with Gasteiger partial charge in [-0.1, -0.05) is 11.6 Å². The number of piperazine rings is 1. The van der Waals surface area contributed by atoms with Crippen LogP contribution in [-0.4, -0.2) is 53.7 Å². The first-order valence-corrected chi connectivity index (χ1v) is 6.21. The van der Waals surface area contributed by atoms with E-state index in [9.17, 15) is 4.79 Å². The molecule has 2 heterocycles. The summed E-state index contributed by atoms with van der Waals surface area (Å²) >= 11 is 5.82. The lowest BCUT2D eigenvalue weighted by atomic mass is 10.2. The van der Waals surface area contributed by atoms with Gasteiger partial charge in [-0.05, 0) is 20.0 Å². The SMILES string of the molecule is CC1CN(C)CCN1c1cc(C(=O)O)c(Cl)cn1. The molecule has 1 aromatic heterocycles. The highest BCUT2D eigenvalue weighted by atomic mass is 35.5. The molecule has 18 heavy (non-hydrogen) atoms. The second-order valence-corrected chi connectivity index (χ2v) is 5.04. The van der Waals surface area contributed by atoms with Crippen LogP contribution in [0.25, 0.3) is 0 Å². The lowest BCUT2D eigenvalue weighted by Crippen LogP contribution is -2.50. The van der Waals surface area contributed by atoms with Gasteiger partial charge in [0.25, 0.3) is 0 Å². The second kappa shape index (κ2) is 5.12. The second-order valence-electron chi connectivity index (χ2n) is 4.63. The van der Waals surface area contributed by atoms with Gasteiger partial charge in [-0.15, -0.1) is 0 Å². The highest BCUT2D eigenvalue weighted by Crippen LogP contribution is 2.23. The Balaban J connectivity index is 2.28. The number of carboxylic acid groups (broad SMARTS) is 1. The molecular weight excluding hydrogens is 254 g/mol. The fraction of sp³-hybridized carbons (Fsp3) is 0.500. The third kappa shape index (κ3) is 2.57. The van der Waals surface area contributed by atoms with Gasteiger partial charge in [0.15, 0.2) is 0 Å². The summed E-state index contributed by atoms with van der Waals surface area (Å²) in [5, 5.41) is 9.23. The first-order valence-electron chi connectivity index (χ1n) is 5.83. The number of anilines is 1. The molecular formula is C12H16ClN3O2. The van der Waals surface area contributed by atoms with E-state index in [4.69, 9.17) is 16.7 Å². The number of likely N-dealkylation sites (N-methyl/N-ethyl adjacent to an activating group) is 1. The van der Waals surface area contributed by atoms with Crippen LogP contribution in [0.15, 0.2) is 12.3 Å². The number of carboxylic acids is 1. The highest BCUT2D eigenvalue weighted by molar-refractivity contribution is 6.33. The molecule has 1 atom stereocenters. The molecule has 1 unspecified atom stereocenters. The maximum Gasteiger partial charge on any atom is 0.337 e. The normalized spacial score (nSPS) is 21.1. The van der Waals surface area contributed by atoms with Crippen molar-refractivity contribution >= 4 is 23.4 Å². The van der Waals surface area contributed by atoms with Crippen molar-refractivity contribution in [3.05, 3.63) is 22.8 Å². The van der Waals surface area contributed by atoms with Gasteiger partial charge >= 0.3 is 5.97 Å². The molecule has 0 saturated carbocycles. The number of aromatic carboxylic acids is 1. The molecule has 0 bridgehead atoms. The smallest absolute Gasteiger partial charge is 0.337 e. The van der Waals surface area contributed by atoms with Crippen LogP contribution >= 0.6 is 11.6 Å². The first kappa shape index (κ1) is 13.1. The first-order chi connectivity index (χ1) is 8.49. The Morgan fingerprint density at radius 3 is 2.89 bits per heavy atom. The molecule has 98 valence electrons. The van der Waals surface area contributed by atoms with Gasteiger partial charge in [0.05, 0.1) is 10.6 Å². The van der Waals surface area contributed by atoms with E-state index in [1.165, 1.54) is 6.20 Å². The molecule has 5 nitrogen and oxygen atoms in total. The van der Waals surface area contributed by atoms with Gasteiger partial charge in [-0.3, -0.25) is 0 Å². The van der Waals surface area contributed by atoms with Gasteiger partial charge in [-0.2, -0.15) is 0 Å². The number of nitrogens with zero attached hydrogens (tertiary/aromatic N) is 3. The van der Waals surface area contributed by atoms with E-state index in [0.29, 0.717) is 11.9 Å². The summed E-state index contributed by atoms with van der Waals surface area (Å²) in [4.78, 5) is 19.6.